The van der Waals surface area contributed by atoms with Crippen molar-refractivity contribution in [3.63, 3.8) is 0 Å². The maximum Gasteiger partial charge on any atom is 0.270 e. The van der Waals surface area contributed by atoms with Gasteiger partial charge in [0, 0.05) is 48.1 Å². The highest BCUT2D eigenvalue weighted by Gasteiger charge is 2.23. The molecule has 0 fully saturated rings. The molecule has 1 amide bonds. The zero-order valence-electron chi connectivity index (χ0n) is 15.7. The molecule has 0 saturated heterocycles. The van der Waals surface area contributed by atoms with Crippen LogP contribution in [0.3, 0.4) is 0 Å². The lowest BCUT2D eigenvalue weighted by atomic mass is 9.88. The van der Waals surface area contributed by atoms with Gasteiger partial charge in [-0.25, -0.2) is 4.39 Å². The molecular weight excluding hydrogens is 361 g/mol. The standard InChI is InChI=1S/C21H22FN3O3/c1-13(2)11-24-21(26)10-17(14-3-5-15(22)6-4-14)19-12-23-20-8-7-16(25(27)28)9-18(19)20/h3-9,12-13,17,23H,10-11H2,1-2H3,(H,24,26)/t17-/m0/s1. The van der Waals surface area contributed by atoms with Gasteiger partial charge in [-0.3, -0.25) is 14.9 Å². The molecule has 0 unspecified atom stereocenters. The Morgan fingerprint density at radius 3 is 2.57 bits per heavy atom. The van der Waals surface area contributed by atoms with E-state index < -0.39 is 4.92 Å². The summed E-state index contributed by atoms with van der Waals surface area (Å²) >= 11 is 0. The average molecular weight is 383 g/mol. The van der Waals surface area contributed by atoms with Crippen LogP contribution in [0.2, 0.25) is 0 Å². The van der Waals surface area contributed by atoms with Crippen molar-refractivity contribution in [1.29, 1.82) is 0 Å². The van der Waals surface area contributed by atoms with Gasteiger partial charge in [-0.05, 0) is 35.2 Å². The number of nitrogens with zero attached hydrogens (tertiary/aromatic N) is 1. The number of carbonyl (C=O) groups is 1. The van der Waals surface area contributed by atoms with Gasteiger partial charge >= 0.3 is 0 Å². The van der Waals surface area contributed by atoms with Crippen molar-refractivity contribution < 1.29 is 14.1 Å². The Morgan fingerprint density at radius 2 is 1.93 bits per heavy atom. The molecule has 2 aromatic carbocycles. The van der Waals surface area contributed by atoms with Crippen molar-refractivity contribution in [2.24, 2.45) is 5.92 Å². The van der Waals surface area contributed by atoms with Gasteiger partial charge < -0.3 is 10.3 Å². The van der Waals surface area contributed by atoms with Gasteiger partial charge in [0.2, 0.25) is 5.91 Å². The molecule has 146 valence electrons. The topological polar surface area (TPSA) is 88.0 Å². The smallest absolute Gasteiger partial charge is 0.270 e. The second-order valence-electron chi connectivity index (χ2n) is 7.24. The third kappa shape index (κ3) is 4.36. The number of rotatable bonds is 7. The van der Waals surface area contributed by atoms with E-state index in [2.05, 4.69) is 10.3 Å². The van der Waals surface area contributed by atoms with Crippen LogP contribution in [0.25, 0.3) is 10.9 Å². The van der Waals surface area contributed by atoms with Gasteiger partial charge in [0.1, 0.15) is 5.82 Å². The monoisotopic (exact) mass is 383 g/mol. The highest BCUT2D eigenvalue weighted by Crippen LogP contribution is 2.35. The zero-order valence-corrected chi connectivity index (χ0v) is 15.7. The largest absolute Gasteiger partial charge is 0.361 e. The van der Waals surface area contributed by atoms with Gasteiger partial charge in [-0.15, -0.1) is 0 Å². The van der Waals surface area contributed by atoms with Gasteiger partial charge in [0.25, 0.3) is 5.69 Å². The molecule has 6 nitrogen and oxygen atoms in total. The fourth-order valence-electron chi connectivity index (χ4n) is 3.21. The van der Waals surface area contributed by atoms with E-state index in [0.29, 0.717) is 17.8 Å². The van der Waals surface area contributed by atoms with E-state index in [9.17, 15) is 19.3 Å². The summed E-state index contributed by atoms with van der Waals surface area (Å²) in [5.41, 5.74) is 2.27. The van der Waals surface area contributed by atoms with Crippen molar-refractivity contribution in [1.82, 2.24) is 10.3 Å². The van der Waals surface area contributed by atoms with Gasteiger partial charge in [-0.1, -0.05) is 26.0 Å². The van der Waals surface area contributed by atoms with E-state index in [1.54, 1.807) is 24.4 Å². The Morgan fingerprint density at radius 1 is 1.21 bits per heavy atom. The van der Waals surface area contributed by atoms with Gasteiger partial charge in [0.15, 0.2) is 0 Å². The van der Waals surface area contributed by atoms with Gasteiger partial charge in [-0.2, -0.15) is 0 Å². The molecule has 0 aliphatic rings. The number of amides is 1. The van der Waals surface area contributed by atoms with Crippen LogP contribution < -0.4 is 5.32 Å². The number of aromatic amines is 1. The number of fused-ring (bicyclic) bond motifs is 1. The predicted molar refractivity (Wildman–Crippen MR) is 106 cm³/mol. The number of H-pyrrole nitrogens is 1. The quantitative estimate of drug-likeness (QED) is 0.465. The number of carbonyl (C=O) groups excluding carboxylic acids is 1. The molecule has 0 aliphatic heterocycles. The number of nitro benzene ring substituents is 1. The summed E-state index contributed by atoms with van der Waals surface area (Å²) in [6.07, 6.45) is 1.92. The lowest BCUT2D eigenvalue weighted by Gasteiger charge is -2.18. The molecule has 0 saturated carbocycles. The van der Waals surface area contributed by atoms with Crippen LogP contribution in [0, 0.1) is 21.8 Å². The van der Waals surface area contributed by atoms with Crippen LogP contribution in [0.1, 0.15) is 37.3 Å². The summed E-state index contributed by atoms with van der Waals surface area (Å²) in [6, 6.07) is 10.6. The lowest BCUT2D eigenvalue weighted by Crippen LogP contribution is -2.28. The van der Waals surface area contributed by atoms with Crippen molar-refractivity contribution in [3.05, 3.63) is 75.7 Å². The molecule has 7 heteroatoms. The van der Waals surface area contributed by atoms with E-state index in [-0.39, 0.29) is 29.8 Å². The number of hydrogen-bond donors (Lipinski definition) is 2. The first-order valence-corrected chi connectivity index (χ1v) is 9.12. The van der Waals surface area contributed by atoms with Crippen molar-refractivity contribution in [2.75, 3.05) is 6.54 Å². The van der Waals surface area contributed by atoms with Crippen LogP contribution in [0.15, 0.2) is 48.7 Å². The third-order valence-corrected chi connectivity index (χ3v) is 4.65. The third-order valence-electron chi connectivity index (χ3n) is 4.65. The molecule has 1 heterocycles. The van der Waals surface area contributed by atoms with Gasteiger partial charge in [0.05, 0.1) is 4.92 Å². The summed E-state index contributed by atoms with van der Waals surface area (Å²) in [4.78, 5) is 26.3. The molecule has 0 radical (unpaired) electrons. The van der Waals surface area contributed by atoms with E-state index >= 15 is 0 Å². The normalized spacial score (nSPS) is 12.3. The van der Waals surface area contributed by atoms with Crippen molar-refractivity contribution in [3.8, 4) is 0 Å². The average Bonchev–Trinajstić information content (AvgIpc) is 3.08. The summed E-state index contributed by atoms with van der Waals surface area (Å²) in [5.74, 6) is -0.517. The number of aromatic nitrogens is 1. The second kappa shape index (κ2) is 8.21. The second-order valence-corrected chi connectivity index (χ2v) is 7.24. The minimum atomic E-state index is -0.446. The number of benzene rings is 2. The molecule has 1 atom stereocenters. The van der Waals surface area contributed by atoms with Crippen LogP contribution >= 0.6 is 0 Å². The van der Waals surface area contributed by atoms with Crippen LogP contribution in [0.5, 0.6) is 0 Å². The maximum absolute atomic E-state index is 13.4. The van der Waals surface area contributed by atoms with E-state index in [4.69, 9.17) is 0 Å². The molecule has 3 rings (SSSR count). The van der Waals surface area contributed by atoms with Crippen LogP contribution in [-0.2, 0) is 4.79 Å². The minimum absolute atomic E-state index is 0.0181. The maximum atomic E-state index is 13.4. The zero-order chi connectivity index (χ0) is 20.3. The number of nitro groups is 1. The Kier molecular flexibility index (Phi) is 5.73. The first-order valence-electron chi connectivity index (χ1n) is 9.12. The fraction of sp³-hybridized carbons (Fsp3) is 0.286. The summed E-state index contributed by atoms with van der Waals surface area (Å²) < 4.78 is 13.4. The molecule has 2 N–H and O–H groups in total. The highest BCUT2D eigenvalue weighted by atomic mass is 19.1. The Hall–Kier alpha value is -3.22. The molecular formula is C21H22FN3O3. The Bertz CT molecular complexity index is 996. The lowest BCUT2D eigenvalue weighted by molar-refractivity contribution is -0.384. The SMILES string of the molecule is CC(C)CNC(=O)C[C@@H](c1ccc(F)cc1)c1c[nH]c2ccc([N+](=O)[O-])cc12. The van der Waals surface area contributed by atoms with E-state index in [1.165, 1.54) is 24.3 Å². The minimum Gasteiger partial charge on any atom is -0.361 e. The number of halogens is 1. The molecule has 1 aromatic heterocycles. The molecule has 0 aliphatic carbocycles. The molecule has 0 spiro atoms. The summed E-state index contributed by atoms with van der Waals surface area (Å²) in [6.45, 7) is 4.58. The Balaban J connectivity index is 2.02. The number of hydrogen-bond acceptors (Lipinski definition) is 3. The molecule has 3 aromatic rings. The van der Waals surface area contributed by atoms with E-state index in [1.807, 2.05) is 13.8 Å². The summed E-state index contributed by atoms with van der Waals surface area (Å²) in [7, 11) is 0. The fourth-order valence-corrected chi connectivity index (χ4v) is 3.21. The van der Waals surface area contributed by atoms with E-state index in [0.717, 1.165) is 16.6 Å². The summed E-state index contributed by atoms with van der Waals surface area (Å²) in [5, 5.41) is 14.8. The first-order chi connectivity index (χ1) is 13.3. The van der Waals surface area contributed by atoms with Crippen molar-refractivity contribution in [2.45, 2.75) is 26.2 Å². The number of non-ortho nitro benzene ring substituents is 1. The molecule has 28 heavy (non-hydrogen) atoms. The highest BCUT2D eigenvalue weighted by molar-refractivity contribution is 5.87. The first kappa shape index (κ1) is 19.5. The van der Waals surface area contributed by atoms with Crippen LogP contribution in [0.4, 0.5) is 10.1 Å². The number of nitrogens with one attached hydrogen (secondary N) is 2. The predicted octanol–water partition coefficient (Wildman–Crippen LogP) is 4.51. The Labute approximate surface area is 161 Å². The molecule has 0 bridgehead atoms. The van der Waals surface area contributed by atoms with Crippen LogP contribution in [-0.4, -0.2) is 22.4 Å². The van der Waals surface area contributed by atoms with Crippen molar-refractivity contribution >= 4 is 22.5 Å².